The predicted octanol–water partition coefficient (Wildman–Crippen LogP) is 6.95. The molecule has 2 aromatic heterocycles. The molecule has 0 fully saturated rings. The zero-order valence-corrected chi connectivity index (χ0v) is 22.2. The fourth-order valence-electron chi connectivity index (χ4n) is 3.69. The number of hydrogen-bond acceptors (Lipinski definition) is 6. The van der Waals surface area contributed by atoms with Crippen molar-refractivity contribution < 1.29 is 9.53 Å². The monoisotopic (exact) mass is 527 g/mol. The van der Waals surface area contributed by atoms with Crippen molar-refractivity contribution in [1.29, 1.82) is 0 Å². The Morgan fingerprint density at radius 1 is 1.23 bits per heavy atom. The van der Waals surface area contributed by atoms with Gasteiger partial charge in [0.2, 0.25) is 5.91 Å². The third-order valence-electron chi connectivity index (χ3n) is 5.65. The van der Waals surface area contributed by atoms with Gasteiger partial charge < -0.3 is 15.0 Å². The lowest BCUT2D eigenvalue weighted by Gasteiger charge is -2.16. The van der Waals surface area contributed by atoms with E-state index in [1.54, 1.807) is 18.2 Å². The molecule has 1 atom stereocenters. The number of hydrogen-bond donors (Lipinski definition) is 2. The molecule has 4 aromatic rings. The molecule has 2 heterocycles. The van der Waals surface area contributed by atoms with Gasteiger partial charge in [-0.15, -0.1) is 11.3 Å². The Hall–Kier alpha value is -2.81. The van der Waals surface area contributed by atoms with Gasteiger partial charge in [0, 0.05) is 16.0 Å². The Balaban J connectivity index is 1.58. The summed E-state index contributed by atoms with van der Waals surface area (Å²) in [4.78, 5) is 34.2. The highest BCUT2D eigenvalue weighted by Gasteiger charge is 2.22. The number of nitrogens with one attached hydrogen (secondary N) is 2. The number of carbonyl (C=O) groups is 1. The second-order valence-electron chi connectivity index (χ2n) is 8.33. The molecule has 0 aliphatic carbocycles. The molecule has 0 spiro atoms. The van der Waals surface area contributed by atoms with E-state index in [2.05, 4.69) is 41.3 Å². The van der Waals surface area contributed by atoms with Crippen LogP contribution in [0.15, 0.2) is 57.8 Å². The Morgan fingerprint density at radius 3 is 2.63 bits per heavy atom. The number of nitrogens with zero attached hydrogens (tertiary/aromatic N) is 1. The van der Waals surface area contributed by atoms with Gasteiger partial charge in [-0.1, -0.05) is 68.4 Å². The van der Waals surface area contributed by atoms with Crippen molar-refractivity contribution in [1.82, 2.24) is 9.97 Å². The summed E-state index contributed by atoms with van der Waals surface area (Å²) in [5.41, 5.74) is 3.37. The minimum Gasteiger partial charge on any atom is -0.495 e. The van der Waals surface area contributed by atoms with Gasteiger partial charge in [0.15, 0.2) is 5.16 Å². The van der Waals surface area contributed by atoms with Crippen molar-refractivity contribution in [3.63, 3.8) is 0 Å². The first-order chi connectivity index (χ1) is 16.8. The first kappa shape index (κ1) is 25.3. The molecule has 2 N–H and O–H groups in total. The van der Waals surface area contributed by atoms with E-state index in [0.29, 0.717) is 44.2 Å². The summed E-state index contributed by atoms with van der Waals surface area (Å²) >= 11 is 8.73. The van der Waals surface area contributed by atoms with Crippen molar-refractivity contribution >= 4 is 56.5 Å². The lowest BCUT2D eigenvalue weighted by atomic mass is 9.99. The van der Waals surface area contributed by atoms with Crippen molar-refractivity contribution in [2.45, 2.75) is 43.5 Å². The van der Waals surface area contributed by atoms with Crippen LogP contribution in [-0.4, -0.2) is 28.2 Å². The van der Waals surface area contributed by atoms with Crippen LogP contribution >= 0.6 is 34.7 Å². The van der Waals surface area contributed by atoms with E-state index in [9.17, 15) is 9.59 Å². The maximum absolute atomic E-state index is 13.0. The van der Waals surface area contributed by atoms with Crippen LogP contribution in [0.4, 0.5) is 5.69 Å². The largest absolute Gasteiger partial charge is 0.495 e. The van der Waals surface area contributed by atoms with Gasteiger partial charge in [-0.05, 0) is 41.7 Å². The SMILES string of the molecule is CCC(Sc1nc2scc(-c3ccc(C(C)C)cc3)c2c(=O)[nH]1)C(=O)Nc1cc(Cl)ccc1OC. The van der Waals surface area contributed by atoms with Crippen LogP contribution in [0.5, 0.6) is 5.75 Å². The predicted molar refractivity (Wildman–Crippen MR) is 146 cm³/mol. The van der Waals surface area contributed by atoms with Crippen LogP contribution in [0.3, 0.4) is 0 Å². The fraction of sp³-hybridized carbons (Fsp3) is 0.269. The van der Waals surface area contributed by atoms with Crippen molar-refractivity contribution in [2.24, 2.45) is 0 Å². The number of fused-ring (bicyclic) bond motifs is 1. The molecule has 2 aromatic carbocycles. The van der Waals surface area contributed by atoms with Gasteiger partial charge in [-0.3, -0.25) is 9.59 Å². The van der Waals surface area contributed by atoms with Gasteiger partial charge in [-0.25, -0.2) is 4.98 Å². The van der Waals surface area contributed by atoms with Crippen molar-refractivity contribution in [3.05, 3.63) is 68.8 Å². The molecule has 6 nitrogen and oxygen atoms in total. The van der Waals surface area contributed by atoms with Crippen molar-refractivity contribution in [3.8, 4) is 16.9 Å². The lowest BCUT2D eigenvalue weighted by molar-refractivity contribution is -0.115. The minimum atomic E-state index is -0.470. The molecule has 0 bridgehead atoms. The number of aromatic nitrogens is 2. The van der Waals surface area contributed by atoms with Crippen LogP contribution in [0.25, 0.3) is 21.3 Å². The van der Waals surface area contributed by atoms with Crippen LogP contribution in [-0.2, 0) is 4.79 Å². The lowest BCUT2D eigenvalue weighted by Crippen LogP contribution is -2.25. The quantitative estimate of drug-likeness (QED) is 0.191. The van der Waals surface area contributed by atoms with Crippen LogP contribution in [0.2, 0.25) is 5.02 Å². The highest BCUT2D eigenvalue weighted by molar-refractivity contribution is 8.00. The average Bonchev–Trinajstić information content (AvgIpc) is 3.27. The molecular formula is C26H26ClN3O3S2. The second kappa shape index (κ2) is 10.8. The Kier molecular flexibility index (Phi) is 7.84. The summed E-state index contributed by atoms with van der Waals surface area (Å²) in [6, 6.07) is 13.3. The molecule has 35 heavy (non-hydrogen) atoms. The zero-order valence-electron chi connectivity index (χ0n) is 19.8. The Labute approximate surface area is 217 Å². The molecule has 0 aliphatic heterocycles. The van der Waals surface area contributed by atoms with E-state index >= 15 is 0 Å². The number of amides is 1. The first-order valence-corrected chi connectivity index (χ1v) is 13.4. The maximum atomic E-state index is 13.0. The van der Waals surface area contributed by atoms with E-state index in [1.165, 1.54) is 35.8 Å². The summed E-state index contributed by atoms with van der Waals surface area (Å²) < 4.78 is 5.32. The van der Waals surface area contributed by atoms with Gasteiger partial charge in [0.25, 0.3) is 5.56 Å². The molecule has 0 saturated carbocycles. The van der Waals surface area contributed by atoms with E-state index < -0.39 is 5.25 Å². The topological polar surface area (TPSA) is 84.1 Å². The van der Waals surface area contributed by atoms with E-state index in [4.69, 9.17) is 16.3 Å². The van der Waals surface area contributed by atoms with Gasteiger partial charge in [0.1, 0.15) is 10.6 Å². The van der Waals surface area contributed by atoms with Gasteiger partial charge >= 0.3 is 0 Å². The highest BCUT2D eigenvalue weighted by Crippen LogP contribution is 2.34. The number of ether oxygens (including phenoxy) is 1. The number of thiophene rings is 1. The minimum absolute atomic E-state index is 0.214. The Morgan fingerprint density at radius 2 is 1.97 bits per heavy atom. The van der Waals surface area contributed by atoms with E-state index in [0.717, 1.165) is 11.1 Å². The highest BCUT2D eigenvalue weighted by atomic mass is 35.5. The van der Waals surface area contributed by atoms with Gasteiger partial charge in [-0.2, -0.15) is 0 Å². The van der Waals surface area contributed by atoms with Crippen LogP contribution in [0.1, 0.15) is 38.7 Å². The summed E-state index contributed by atoms with van der Waals surface area (Å²) in [6.07, 6.45) is 0.541. The molecule has 0 aliphatic rings. The number of anilines is 1. The fourth-order valence-corrected chi connectivity index (χ4v) is 5.77. The third kappa shape index (κ3) is 5.55. The maximum Gasteiger partial charge on any atom is 0.260 e. The summed E-state index contributed by atoms with van der Waals surface area (Å²) in [6.45, 7) is 6.21. The van der Waals surface area contributed by atoms with E-state index in [-0.39, 0.29) is 11.5 Å². The second-order valence-corrected chi connectivity index (χ2v) is 10.8. The smallest absolute Gasteiger partial charge is 0.260 e. The standard InChI is InChI=1S/C26H26ClN3O3S2/c1-5-21(23(31)28-19-12-17(27)10-11-20(19)33-4)35-26-29-24(32)22-18(13-34-25(22)30-26)16-8-6-15(7-9-16)14(2)3/h6-14,21H,5H2,1-4H3,(H,28,31)(H,29,30,32). The van der Waals surface area contributed by atoms with Gasteiger partial charge in [0.05, 0.1) is 23.4 Å². The number of aromatic amines is 1. The Bertz CT molecular complexity index is 1410. The summed E-state index contributed by atoms with van der Waals surface area (Å²) in [7, 11) is 1.53. The number of benzene rings is 2. The summed E-state index contributed by atoms with van der Waals surface area (Å²) in [5.74, 6) is 0.734. The summed E-state index contributed by atoms with van der Waals surface area (Å²) in [5, 5.41) is 5.83. The normalized spacial score (nSPS) is 12.2. The molecule has 182 valence electrons. The van der Waals surface area contributed by atoms with Crippen molar-refractivity contribution in [2.75, 3.05) is 12.4 Å². The first-order valence-electron chi connectivity index (χ1n) is 11.2. The number of thioether (sulfide) groups is 1. The molecule has 1 amide bonds. The zero-order chi connectivity index (χ0) is 25.1. The number of rotatable bonds is 8. The number of methoxy groups -OCH3 is 1. The number of halogens is 1. The molecule has 9 heteroatoms. The number of carbonyl (C=O) groups excluding carboxylic acids is 1. The molecule has 1 unspecified atom stereocenters. The average molecular weight is 528 g/mol. The number of H-pyrrole nitrogens is 1. The van der Waals surface area contributed by atoms with Crippen LogP contribution < -0.4 is 15.6 Å². The van der Waals surface area contributed by atoms with E-state index in [1.807, 2.05) is 24.4 Å². The molecular weight excluding hydrogens is 502 g/mol. The molecule has 0 radical (unpaired) electrons. The molecule has 4 rings (SSSR count). The third-order valence-corrected chi connectivity index (χ3v) is 8.00. The molecule has 0 saturated heterocycles. The van der Waals surface area contributed by atoms with Crippen LogP contribution in [0, 0.1) is 0 Å².